The van der Waals surface area contributed by atoms with Crippen LogP contribution in [0.15, 0.2) is 30.3 Å². The Labute approximate surface area is 166 Å². The van der Waals surface area contributed by atoms with E-state index in [4.69, 9.17) is 4.98 Å². The predicted octanol–water partition coefficient (Wildman–Crippen LogP) is 6.92. The number of rotatable bonds is 1. The molecule has 0 saturated carbocycles. The first-order chi connectivity index (χ1) is 12.4. The number of fused-ring (bicyclic) bond motifs is 4. The first-order valence-electron chi connectivity index (χ1n) is 9.93. The molecule has 0 radical (unpaired) electrons. The van der Waals surface area contributed by atoms with Crippen LogP contribution in [0.4, 0.5) is 0 Å². The zero-order chi connectivity index (χ0) is 16.6. The fraction of sp³-hybridized carbons (Fsp3) is 0.435. The van der Waals surface area contributed by atoms with Gasteiger partial charge in [-0.1, -0.05) is 43.2 Å². The Morgan fingerprint density at radius 2 is 1.42 bits per heavy atom. The SMILES string of the molecule is Cl.c1ccc(-c2c3c(nc4sc5c(c24)CCCC5)CCCCCC3)cc1. The van der Waals surface area contributed by atoms with Crippen LogP contribution in [0.5, 0.6) is 0 Å². The van der Waals surface area contributed by atoms with Crippen LogP contribution in [0.25, 0.3) is 21.3 Å². The van der Waals surface area contributed by atoms with Crippen molar-refractivity contribution in [3.8, 4) is 11.1 Å². The minimum atomic E-state index is 0. The van der Waals surface area contributed by atoms with Crippen molar-refractivity contribution in [2.45, 2.75) is 64.2 Å². The van der Waals surface area contributed by atoms with E-state index >= 15 is 0 Å². The predicted molar refractivity (Wildman–Crippen MR) is 115 cm³/mol. The molecule has 3 heteroatoms. The molecule has 1 aromatic carbocycles. The lowest BCUT2D eigenvalue weighted by molar-refractivity contribution is 0.611. The number of aromatic nitrogens is 1. The molecule has 2 aliphatic rings. The van der Waals surface area contributed by atoms with Gasteiger partial charge >= 0.3 is 0 Å². The fourth-order valence-electron chi connectivity index (χ4n) is 4.72. The first-order valence-corrected chi connectivity index (χ1v) is 10.7. The number of pyridine rings is 1. The topological polar surface area (TPSA) is 12.9 Å². The molecule has 5 rings (SSSR count). The summed E-state index contributed by atoms with van der Waals surface area (Å²) in [6.07, 6.45) is 12.9. The van der Waals surface area contributed by atoms with E-state index in [-0.39, 0.29) is 12.4 Å². The Hall–Kier alpha value is -1.38. The van der Waals surface area contributed by atoms with Crippen LogP contribution in [-0.2, 0) is 25.7 Å². The Kier molecular flexibility index (Phi) is 5.33. The van der Waals surface area contributed by atoms with Crippen LogP contribution in [0.2, 0.25) is 0 Å². The lowest BCUT2D eigenvalue weighted by Crippen LogP contribution is -2.06. The zero-order valence-electron chi connectivity index (χ0n) is 15.2. The molecule has 136 valence electrons. The molecule has 3 aromatic rings. The summed E-state index contributed by atoms with van der Waals surface area (Å²) in [5.74, 6) is 0. The van der Waals surface area contributed by atoms with E-state index in [1.165, 1.54) is 84.8 Å². The van der Waals surface area contributed by atoms with E-state index in [9.17, 15) is 0 Å². The Balaban J connectivity index is 0.00000168. The Bertz CT molecular complexity index is 913. The van der Waals surface area contributed by atoms with Gasteiger partial charge in [0.15, 0.2) is 0 Å². The summed E-state index contributed by atoms with van der Waals surface area (Å²) in [6.45, 7) is 0. The van der Waals surface area contributed by atoms with Crippen molar-refractivity contribution in [3.63, 3.8) is 0 Å². The molecule has 0 spiro atoms. The molecular formula is C23H26ClNS. The van der Waals surface area contributed by atoms with Crippen molar-refractivity contribution in [3.05, 3.63) is 52.0 Å². The molecule has 2 aromatic heterocycles. The van der Waals surface area contributed by atoms with Crippen molar-refractivity contribution in [1.29, 1.82) is 0 Å². The summed E-state index contributed by atoms with van der Waals surface area (Å²) >= 11 is 1.98. The number of hydrogen-bond donors (Lipinski definition) is 0. The summed E-state index contributed by atoms with van der Waals surface area (Å²) in [7, 11) is 0. The third kappa shape index (κ3) is 3.08. The molecule has 0 atom stereocenters. The van der Waals surface area contributed by atoms with E-state index in [2.05, 4.69) is 30.3 Å². The smallest absolute Gasteiger partial charge is 0.124 e. The van der Waals surface area contributed by atoms with Crippen molar-refractivity contribution < 1.29 is 0 Å². The zero-order valence-corrected chi connectivity index (χ0v) is 16.9. The van der Waals surface area contributed by atoms with Crippen molar-refractivity contribution >= 4 is 34.0 Å². The van der Waals surface area contributed by atoms with Gasteiger partial charge in [-0.3, -0.25) is 0 Å². The lowest BCUT2D eigenvalue weighted by Gasteiger charge is -2.20. The number of benzene rings is 1. The van der Waals surface area contributed by atoms with Gasteiger partial charge in [0.25, 0.3) is 0 Å². The van der Waals surface area contributed by atoms with Gasteiger partial charge in [-0.2, -0.15) is 0 Å². The lowest BCUT2D eigenvalue weighted by atomic mass is 9.86. The second-order valence-corrected chi connectivity index (χ2v) is 8.67. The van der Waals surface area contributed by atoms with E-state index in [0.717, 1.165) is 6.42 Å². The molecule has 0 aliphatic heterocycles. The minimum Gasteiger partial charge on any atom is -0.242 e. The van der Waals surface area contributed by atoms with Gasteiger partial charge in [-0.25, -0.2) is 4.98 Å². The third-order valence-corrected chi connectivity index (χ3v) is 7.13. The highest BCUT2D eigenvalue weighted by Crippen LogP contribution is 2.44. The molecule has 2 aliphatic carbocycles. The monoisotopic (exact) mass is 383 g/mol. The van der Waals surface area contributed by atoms with Gasteiger partial charge in [-0.05, 0) is 73.6 Å². The summed E-state index contributed by atoms with van der Waals surface area (Å²) < 4.78 is 0. The molecule has 0 N–H and O–H groups in total. The van der Waals surface area contributed by atoms with Crippen LogP contribution in [-0.4, -0.2) is 4.98 Å². The van der Waals surface area contributed by atoms with Crippen LogP contribution < -0.4 is 0 Å². The fourth-order valence-corrected chi connectivity index (χ4v) is 6.01. The minimum absolute atomic E-state index is 0. The van der Waals surface area contributed by atoms with Crippen LogP contribution >= 0.6 is 23.7 Å². The first kappa shape index (κ1) is 18.0. The molecule has 0 bridgehead atoms. The van der Waals surface area contributed by atoms with Gasteiger partial charge in [0.1, 0.15) is 4.83 Å². The number of hydrogen-bond acceptors (Lipinski definition) is 2. The Morgan fingerprint density at radius 1 is 0.731 bits per heavy atom. The average molecular weight is 384 g/mol. The summed E-state index contributed by atoms with van der Waals surface area (Å²) in [5.41, 5.74) is 7.51. The summed E-state index contributed by atoms with van der Waals surface area (Å²) in [6, 6.07) is 11.1. The molecule has 26 heavy (non-hydrogen) atoms. The van der Waals surface area contributed by atoms with Gasteiger partial charge in [0.2, 0.25) is 0 Å². The van der Waals surface area contributed by atoms with Crippen LogP contribution in [0.3, 0.4) is 0 Å². The molecular weight excluding hydrogens is 358 g/mol. The van der Waals surface area contributed by atoms with Gasteiger partial charge in [0.05, 0.1) is 0 Å². The van der Waals surface area contributed by atoms with E-state index in [1.54, 1.807) is 16.0 Å². The van der Waals surface area contributed by atoms with Crippen molar-refractivity contribution in [2.75, 3.05) is 0 Å². The average Bonchev–Trinajstić information content (AvgIpc) is 3.00. The quantitative estimate of drug-likeness (QED) is 0.444. The van der Waals surface area contributed by atoms with Crippen LogP contribution in [0.1, 0.15) is 60.2 Å². The van der Waals surface area contributed by atoms with E-state index < -0.39 is 0 Å². The molecule has 0 amide bonds. The normalized spacial score (nSPS) is 16.9. The summed E-state index contributed by atoms with van der Waals surface area (Å²) in [5, 5.41) is 1.50. The van der Waals surface area contributed by atoms with E-state index in [1.807, 2.05) is 11.3 Å². The largest absolute Gasteiger partial charge is 0.242 e. The standard InChI is InChI=1S/C23H25NS.ClH/c1-2-7-14-19-17(12-6-1)21(16-10-4-3-5-11-16)22-18-13-8-9-15-20(18)25-23(22)24-19;/h3-5,10-11H,1-2,6-9,12-15H2;1H. The molecule has 0 unspecified atom stereocenters. The number of halogens is 1. The number of nitrogens with zero attached hydrogens (tertiary/aromatic N) is 1. The maximum Gasteiger partial charge on any atom is 0.124 e. The second kappa shape index (κ2) is 7.70. The van der Waals surface area contributed by atoms with Gasteiger partial charge in [-0.15, -0.1) is 23.7 Å². The number of thiophene rings is 1. The van der Waals surface area contributed by atoms with Gasteiger partial charge < -0.3 is 0 Å². The summed E-state index contributed by atoms with van der Waals surface area (Å²) in [4.78, 5) is 8.15. The Morgan fingerprint density at radius 3 is 2.27 bits per heavy atom. The highest BCUT2D eigenvalue weighted by Gasteiger charge is 2.24. The van der Waals surface area contributed by atoms with Crippen molar-refractivity contribution in [2.24, 2.45) is 0 Å². The highest BCUT2D eigenvalue weighted by atomic mass is 35.5. The molecule has 1 nitrogen and oxygen atoms in total. The van der Waals surface area contributed by atoms with Crippen LogP contribution in [0, 0.1) is 0 Å². The molecule has 2 heterocycles. The maximum absolute atomic E-state index is 5.23. The number of aryl methyl sites for hydroxylation is 3. The maximum atomic E-state index is 5.23. The molecule has 0 saturated heterocycles. The molecule has 0 fully saturated rings. The van der Waals surface area contributed by atoms with E-state index in [0.29, 0.717) is 0 Å². The third-order valence-electron chi connectivity index (χ3n) is 5.94. The van der Waals surface area contributed by atoms with Gasteiger partial charge in [0, 0.05) is 16.0 Å². The van der Waals surface area contributed by atoms with Crippen molar-refractivity contribution in [1.82, 2.24) is 4.98 Å². The highest BCUT2D eigenvalue weighted by molar-refractivity contribution is 7.19. The second-order valence-electron chi connectivity index (χ2n) is 7.58.